The lowest BCUT2D eigenvalue weighted by molar-refractivity contribution is -0.195. The SMILES string of the molecule is CC(=O)OC1OC2CCCC13C2CCC3[C@H](C)CCCC(C)(C)OP. The summed E-state index contributed by atoms with van der Waals surface area (Å²) in [6.07, 6.45) is 9.41. The maximum absolute atomic E-state index is 11.6. The minimum Gasteiger partial charge on any atom is -0.435 e. The van der Waals surface area contributed by atoms with E-state index in [1.165, 1.54) is 39.0 Å². The average Bonchev–Trinajstić information content (AvgIpc) is 3.00. The number of ether oxygens (including phenoxy) is 2. The van der Waals surface area contributed by atoms with Crippen molar-refractivity contribution in [3.63, 3.8) is 0 Å². The highest BCUT2D eigenvalue weighted by atomic mass is 31.0. The van der Waals surface area contributed by atoms with Crippen LogP contribution in [0.1, 0.15) is 79.1 Å². The molecule has 0 spiro atoms. The van der Waals surface area contributed by atoms with Gasteiger partial charge < -0.3 is 14.0 Å². The van der Waals surface area contributed by atoms with Crippen molar-refractivity contribution in [2.24, 2.45) is 23.2 Å². The Hall–Kier alpha value is -0.180. The van der Waals surface area contributed by atoms with Crippen molar-refractivity contribution in [3.8, 4) is 0 Å². The van der Waals surface area contributed by atoms with Crippen LogP contribution in [0.3, 0.4) is 0 Å². The Balaban J connectivity index is 1.69. The second-order valence-electron chi connectivity index (χ2n) is 9.16. The van der Waals surface area contributed by atoms with Crippen molar-refractivity contribution in [2.75, 3.05) is 0 Å². The van der Waals surface area contributed by atoms with Gasteiger partial charge in [-0.1, -0.05) is 26.2 Å². The average molecular weight is 370 g/mol. The van der Waals surface area contributed by atoms with E-state index in [1.54, 1.807) is 0 Å². The molecule has 2 saturated carbocycles. The second-order valence-corrected chi connectivity index (χ2v) is 9.39. The molecule has 1 aliphatic heterocycles. The summed E-state index contributed by atoms with van der Waals surface area (Å²) in [5.41, 5.74) is -0.00576. The first-order chi connectivity index (χ1) is 11.8. The zero-order chi connectivity index (χ0) is 18.2. The smallest absolute Gasteiger partial charge is 0.304 e. The van der Waals surface area contributed by atoms with Gasteiger partial charge >= 0.3 is 5.97 Å². The molecule has 3 rings (SSSR count). The molecule has 25 heavy (non-hydrogen) atoms. The highest BCUT2D eigenvalue weighted by molar-refractivity contribution is 7.09. The highest BCUT2D eigenvalue weighted by Crippen LogP contribution is 2.65. The molecule has 3 aliphatic rings. The molecule has 2 aliphatic carbocycles. The number of carbonyl (C=O) groups excluding carboxylic acids is 1. The molecule has 5 heteroatoms. The van der Waals surface area contributed by atoms with Crippen molar-refractivity contribution in [1.29, 1.82) is 0 Å². The number of carbonyl (C=O) groups is 1. The summed E-state index contributed by atoms with van der Waals surface area (Å²) < 4.78 is 17.4. The Morgan fingerprint density at radius 1 is 1.36 bits per heavy atom. The van der Waals surface area contributed by atoms with E-state index in [9.17, 15) is 4.79 Å². The molecule has 7 atom stereocenters. The molecule has 0 amide bonds. The lowest BCUT2D eigenvalue weighted by atomic mass is 9.61. The summed E-state index contributed by atoms with van der Waals surface area (Å²) >= 11 is 0. The summed E-state index contributed by atoms with van der Waals surface area (Å²) in [5.74, 6) is 1.61. The normalized spacial score (nSPS) is 38.4. The van der Waals surface area contributed by atoms with Gasteiger partial charge in [0.15, 0.2) is 0 Å². The number of hydrogen-bond acceptors (Lipinski definition) is 4. The lowest BCUT2D eigenvalue weighted by Crippen LogP contribution is -2.44. The van der Waals surface area contributed by atoms with Crippen LogP contribution in [0.5, 0.6) is 0 Å². The molecule has 0 radical (unpaired) electrons. The molecule has 0 aromatic carbocycles. The van der Waals surface area contributed by atoms with Crippen LogP contribution >= 0.6 is 9.47 Å². The van der Waals surface area contributed by atoms with Gasteiger partial charge in [-0.2, -0.15) is 0 Å². The Kier molecular flexibility index (Phi) is 5.83. The third-order valence-electron chi connectivity index (χ3n) is 7.17. The van der Waals surface area contributed by atoms with E-state index in [2.05, 4.69) is 30.2 Å². The van der Waals surface area contributed by atoms with Crippen LogP contribution in [0.2, 0.25) is 0 Å². The minimum absolute atomic E-state index is 0.0701. The second kappa shape index (κ2) is 7.44. The van der Waals surface area contributed by atoms with Crippen LogP contribution in [-0.4, -0.2) is 24.0 Å². The van der Waals surface area contributed by atoms with Gasteiger partial charge in [0.1, 0.15) is 0 Å². The molecule has 0 aromatic heterocycles. The summed E-state index contributed by atoms with van der Waals surface area (Å²) in [7, 11) is 2.39. The number of hydrogen-bond donors (Lipinski definition) is 0. The maximum atomic E-state index is 11.6. The highest BCUT2D eigenvalue weighted by Gasteiger charge is 2.66. The van der Waals surface area contributed by atoms with Crippen LogP contribution in [0, 0.1) is 23.2 Å². The van der Waals surface area contributed by atoms with Crippen molar-refractivity contribution in [1.82, 2.24) is 0 Å². The Morgan fingerprint density at radius 2 is 2.12 bits per heavy atom. The lowest BCUT2D eigenvalue weighted by Gasteiger charge is -2.43. The van der Waals surface area contributed by atoms with Gasteiger partial charge in [-0.05, 0) is 63.7 Å². The fraction of sp³-hybridized carbons (Fsp3) is 0.950. The zero-order valence-corrected chi connectivity index (χ0v) is 17.4. The summed E-state index contributed by atoms with van der Waals surface area (Å²) in [6.45, 7) is 8.18. The minimum atomic E-state index is -0.315. The van der Waals surface area contributed by atoms with Gasteiger partial charge in [-0.15, -0.1) is 0 Å². The first-order valence-corrected chi connectivity index (χ1v) is 10.5. The van der Waals surface area contributed by atoms with Gasteiger partial charge in [-0.25, -0.2) is 0 Å². The van der Waals surface area contributed by atoms with Crippen molar-refractivity contribution in [2.45, 2.75) is 97.1 Å². The predicted octanol–water partition coefficient (Wildman–Crippen LogP) is 4.86. The molecule has 1 saturated heterocycles. The van der Waals surface area contributed by atoms with Crippen LogP contribution in [0.25, 0.3) is 0 Å². The Labute approximate surface area is 155 Å². The van der Waals surface area contributed by atoms with Crippen LogP contribution in [0.15, 0.2) is 0 Å². The Morgan fingerprint density at radius 3 is 2.80 bits per heavy atom. The first kappa shape index (κ1) is 19.6. The molecule has 3 fully saturated rings. The van der Waals surface area contributed by atoms with E-state index in [1.807, 2.05) is 0 Å². The van der Waals surface area contributed by atoms with Gasteiger partial charge in [0, 0.05) is 21.8 Å². The maximum Gasteiger partial charge on any atom is 0.304 e. The number of rotatable bonds is 7. The Bertz CT molecular complexity index is 494. The van der Waals surface area contributed by atoms with Gasteiger partial charge in [-0.3, -0.25) is 4.79 Å². The van der Waals surface area contributed by atoms with Gasteiger partial charge in [0.05, 0.1) is 11.7 Å². The van der Waals surface area contributed by atoms with E-state index in [-0.39, 0.29) is 23.3 Å². The summed E-state index contributed by atoms with van der Waals surface area (Å²) in [4.78, 5) is 11.6. The fourth-order valence-electron chi connectivity index (χ4n) is 6.01. The van der Waals surface area contributed by atoms with E-state index >= 15 is 0 Å². The molecule has 144 valence electrons. The third-order valence-corrected chi connectivity index (χ3v) is 7.81. The first-order valence-electron chi connectivity index (χ1n) is 10.0. The molecule has 0 aromatic rings. The van der Waals surface area contributed by atoms with Crippen molar-refractivity contribution >= 4 is 15.4 Å². The molecule has 6 unspecified atom stereocenters. The molecule has 0 N–H and O–H groups in total. The molecule has 4 nitrogen and oxygen atoms in total. The van der Waals surface area contributed by atoms with Gasteiger partial charge in [0.2, 0.25) is 6.29 Å². The van der Waals surface area contributed by atoms with E-state index in [0.717, 1.165) is 19.3 Å². The van der Waals surface area contributed by atoms with Crippen molar-refractivity contribution < 1.29 is 18.8 Å². The largest absolute Gasteiger partial charge is 0.435 e. The van der Waals surface area contributed by atoms with Gasteiger partial charge in [0.25, 0.3) is 0 Å². The predicted molar refractivity (Wildman–Crippen MR) is 101 cm³/mol. The van der Waals surface area contributed by atoms with E-state index < -0.39 is 0 Å². The monoisotopic (exact) mass is 370 g/mol. The number of esters is 1. The van der Waals surface area contributed by atoms with Crippen LogP contribution in [-0.2, 0) is 18.8 Å². The molecule has 2 bridgehead atoms. The zero-order valence-electron chi connectivity index (χ0n) is 16.3. The molecular weight excluding hydrogens is 335 g/mol. The van der Waals surface area contributed by atoms with Crippen LogP contribution < -0.4 is 0 Å². The van der Waals surface area contributed by atoms with E-state index in [0.29, 0.717) is 23.9 Å². The summed E-state index contributed by atoms with van der Waals surface area (Å²) in [6, 6.07) is 0. The van der Waals surface area contributed by atoms with Crippen molar-refractivity contribution in [3.05, 3.63) is 0 Å². The van der Waals surface area contributed by atoms with Crippen LogP contribution in [0.4, 0.5) is 0 Å². The fourth-order valence-corrected chi connectivity index (χ4v) is 6.13. The van der Waals surface area contributed by atoms with E-state index in [4.69, 9.17) is 14.0 Å². The molecule has 1 heterocycles. The topological polar surface area (TPSA) is 44.8 Å². The third kappa shape index (κ3) is 3.64. The summed E-state index contributed by atoms with van der Waals surface area (Å²) in [5, 5.41) is 0. The standard InChI is InChI=1S/C20H35O4P/c1-13(7-5-11-19(3,4)24-25)15-9-10-16-17-8-6-12-20(15,16)18(23-17)22-14(2)21/h13,15-18H,5-12,25H2,1-4H3/t13-,15?,16?,17?,18?,20?/m1/s1. The molecular formula is C20H35O4P. The quantitative estimate of drug-likeness (QED) is 0.474.